The molecule has 2 aliphatic rings. The maximum Gasteiger partial charge on any atom is 0.343 e. The van der Waals surface area contributed by atoms with Crippen LogP contribution in [0.15, 0.2) is 35.1 Å². The van der Waals surface area contributed by atoms with Crippen LogP contribution in [0.1, 0.15) is 48.9 Å². The van der Waals surface area contributed by atoms with Gasteiger partial charge in [-0.25, -0.2) is 9.78 Å². The summed E-state index contributed by atoms with van der Waals surface area (Å²) >= 11 is 0. The van der Waals surface area contributed by atoms with Gasteiger partial charge in [0.15, 0.2) is 5.60 Å². The Bertz CT molecular complexity index is 1240. The number of nitrogens with zero attached hydrogens (tertiary/aromatic N) is 2. The van der Waals surface area contributed by atoms with E-state index in [0.29, 0.717) is 23.4 Å². The number of esters is 1. The Hall–Kier alpha value is -2.99. The first-order valence-electron chi connectivity index (χ1n) is 10.1. The van der Waals surface area contributed by atoms with Crippen molar-refractivity contribution in [2.75, 3.05) is 0 Å². The maximum absolute atomic E-state index is 13.2. The van der Waals surface area contributed by atoms with Gasteiger partial charge < -0.3 is 14.4 Å². The molecule has 3 aromatic rings. The topological polar surface area (TPSA) is 81.4 Å². The molecule has 0 aliphatic carbocycles. The molecule has 0 spiro atoms. The van der Waals surface area contributed by atoms with Crippen LogP contribution >= 0.6 is 0 Å². The molecule has 6 heteroatoms. The first-order chi connectivity index (χ1) is 14.0. The number of hydrogen-bond donors (Lipinski definition) is 1. The van der Waals surface area contributed by atoms with E-state index < -0.39 is 11.6 Å². The zero-order chi connectivity index (χ0) is 20.3. The van der Waals surface area contributed by atoms with Crippen LogP contribution in [0, 0.1) is 0 Å². The van der Waals surface area contributed by atoms with E-state index in [1.165, 1.54) is 5.56 Å². The highest BCUT2D eigenvalue weighted by atomic mass is 16.6. The summed E-state index contributed by atoms with van der Waals surface area (Å²) in [5, 5.41) is 12.0. The molecular formula is C23H22N2O4. The van der Waals surface area contributed by atoms with E-state index >= 15 is 0 Å². The van der Waals surface area contributed by atoms with Gasteiger partial charge in [0.05, 0.1) is 29.0 Å². The number of hydrogen-bond acceptors (Lipinski definition) is 5. The van der Waals surface area contributed by atoms with E-state index in [9.17, 15) is 14.7 Å². The second kappa shape index (κ2) is 6.26. The number of aromatic nitrogens is 2. The number of carbonyl (C=O) groups excluding carboxylic acids is 1. The molecule has 0 unspecified atom stereocenters. The van der Waals surface area contributed by atoms with Crippen LogP contribution in [-0.4, -0.2) is 20.6 Å². The molecule has 1 N–H and O–H groups in total. The predicted molar refractivity (Wildman–Crippen MR) is 109 cm³/mol. The van der Waals surface area contributed by atoms with Crippen molar-refractivity contribution in [2.45, 2.75) is 51.9 Å². The highest BCUT2D eigenvalue weighted by Crippen LogP contribution is 2.38. The normalized spacial score (nSPS) is 19.6. The molecule has 0 bridgehead atoms. The van der Waals surface area contributed by atoms with Gasteiger partial charge in [0.2, 0.25) is 0 Å². The summed E-state index contributed by atoms with van der Waals surface area (Å²) in [6.45, 7) is 4.16. The molecule has 29 heavy (non-hydrogen) atoms. The summed E-state index contributed by atoms with van der Waals surface area (Å²) in [7, 11) is 0. The smallest absolute Gasteiger partial charge is 0.343 e. The number of carbonyl (C=O) groups is 1. The number of benzene rings is 1. The SMILES string of the molecule is CCCc1cccc2cc3c(nc12)-c1cc2c(c(=O)n1C3)COC(=O)[C@]2(O)CC. The molecule has 4 heterocycles. The van der Waals surface area contributed by atoms with E-state index in [1.807, 2.05) is 12.1 Å². The van der Waals surface area contributed by atoms with E-state index in [1.54, 1.807) is 17.6 Å². The maximum atomic E-state index is 13.2. The van der Waals surface area contributed by atoms with Gasteiger partial charge in [0.25, 0.3) is 5.56 Å². The number of aryl methyl sites for hydroxylation is 1. The van der Waals surface area contributed by atoms with Crippen LogP contribution in [0.3, 0.4) is 0 Å². The van der Waals surface area contributed by atoms with Crippen LogP contribution in [0.2, 0.25) is 0 Å². The Balaban J connectivity index is 1.78. The molecule has 0 fully saturated rings. The van der Waals surface area contributed by atoms with E-state index in [-0.39, 0.29) is 18.6 Å². The summed E-state index contributed by atoms with van der Waals surface area (Å²) in [4.78, 5) is 30.4. The average Bonchev–Trinajstić information content (AvgIpc) is 3.08. The quantitative estimate of drug-likeness (QED) is 0.544. The molecule has 1 atom stereocenters. The molecule has 2 aromatic heterocycles. The van der Waals surface area contributed by atoms with Crippen LogP contribution in [0.25, 0.3) is 22.3 Å². The predicted octanol–water partition coefficient (Wildman–Crippen LogP) is 3.03. The zero-order valence-corrected chi connectivity index (χ0v) is 16.5. The molecule has 0 radical (unpaired) electrons. The van der Waals surface area contributed by atoms with E-state index in [2.05, 4.69) is 19.1 Å². The number of fused-ring (bicyclic) bond motifs is 5. The van der Waals surface area contributed by atoms with Crippen LogP contribution in [-0.2, 0) is 34.7 Å². The molecule has 148 valence electrons. The van der Waals surface area contributed by atoms with E-state index in [4.69, 9.17) is 9.72 Å². The highest BCUT2D eigenvalue weighted by molar-refractivity contribution is 5.87. The zero-order valence-electron chi connectivity index (χ0n) is 16.5. The summed E-state index contributed by atoms with van der Waals surface area (Å²) in [6.07, 6.45) is 2.09. The van der Waals surface area contributed by atoms with Gasteiger partial charge in [-0.1, -0.05) is 38.5 Å². The van der Waals surface area contributed by atoms with Crippen molar-refractivity contribution in [1.29, 1.82) is 0 Å². The summed E-state index contributed by atoms with van der Waals surface area (Å²) < 4.78 is 6.79. The number of ether oxygens (including phenoxy) is 1. The van der Waals surface area contributed by atoms with Crippen LogP contribution in [0.5, 0.6) is 0 Å². The largest absolute Gasteiger partial charge is 0.458 e. The standard InChI is InChI=1S/C23H22N2O4/c1-3-6-13-7-5-8-14-9-15-11-25-18(20(15)24-19(13)14)10-17-16(21(25)26)12-29-22(27)23(17,28)4-2/h5,7-10,28H,3-4,6,11-12H2,1-2H3/t23-/m0/s1. The van der Waals surface area contributed by atoms with Crippen molar-refractivity contribution in [3.63, 3.8) is 0 Å². The van der Waals surface area contributed by atoms with Gasteiger partial charge >= 0.3 is 5.97 Å². The van der Waals surface area contributed by atoms with Crippen molar-refractivity contribution in [3.8, 4) is 11.4 Å². The number of para-hydroxylation sites is 1. The van der Waals surface area contributed by atoms with Crippen molar-refractivity contribution in [2.24, 2.45) is 0 Å². The number of rotatable bonds is 3. The first-order valence-corrected chi connectivity index (χ1v) is 10.1. The average molecular weight is 390 g/mol. The minimum atomic E-state index is -1.80. The Morgan fingerprint density at radius 2 is 2.07 bits per heavy atom. The van der Waals surface area contributed by atoms with Crippen molar-refractivity contribution in [3.05, 3.63) is 62.9 Å². The first kappa shape index (κ1) is 18.1. The van der Waals surface area contributed by atoms with Gasteiger partial charge in [-0.15, -0.1) is 0 Å². The third-order valence-corrected chi connectivity index (χ3v) is 6.14. The van der Waals surface area contributed by atoms with Gasteiger partial charge in [-0.3, -0.25) is 4.79 Å². The van der Waals surface area contributed by atoms with Crippen molar-refractivity contribution in [1.82, 2.24) is 9.55 Å². The minimum absolute atomic E-state index is 0.109. The monoisotopic (exact) mass is 390 g/mol. The van der Waals surface area contributed by atoms with E-state index in [0.717, 1.165) is 35.0 Å². The van der Waals surface area contributed by atoms with Crippen molar-refractivity contribution >= 4 is 16.9 Å². The summed E-state index contributed by atoms with van der Waals surface area (Å²) in [6, 6.07) is 10.0. The fourth-order valence-corrected chi connectivity index (χ4v) is 4.54. The van der Waals surface area contributed by atoms with Crippen LogP contribution in [0.4, 0.5) is 0 Å². The second-order valence-electron chi connectivity index (χ2n) is 7.84. The third kappa shape index (κ3) is 2.42. The lowest BCUT2D eigenvalue weighted by Gasteiger charge is -2.31. The Morgan fingerprint density at radius 3 is 2.83 bits per heavy atom. The second-order valence-corrected chi connectivity index (χ2v) is 7.84. The fraction of sp³-hybridized carbons (Fsp3) is 0.348. The molecule has 5 rings (SSSR count). The molecule has 0 saturated heterocycles. The molecule has 0 saturated carbocycles. The number of pyridine rings is 2. The summed E-state index contributed by atoms with van der Waals surface area (Å²) in [5.41, 5.74) is 3.17. The van der Waals surface area contributed by atoms with Crippen molar-refractivity contribution < 1.29 is 14.6 Å². The summed E-state index contributed by atoms with van der Waals surface area (Å²) in [5.74, 6) is -0.702. The minimum Gasteiger partial charge on any atom is -0.458 e. The Morgan fingerprint density at radius 1 is 1.24 bits per heavy atom. The third-order valence-electron chi connectivity index (χ3n) is 6.14. The fourth-order valence-electron chi connectivity index (χ4n) is 4.54. The van der Waals surface area contributed by atoms with Gasteiger partial charge in [0.1, 0.15) is 6.61 Å². The van der Waals surface area contributed by atoms with Gasteiger partial charge in [-0.05, 0) is 30.5 Å². The lowest BCUT2D eigenvalue weighted by molar-refractivity contribution is -0.172. The lowest BCUT2D eigenvalue weighted by atomic mass is 9.86. The van der Waals surface area contributed by atoms with Gasteiger partial charge in [-0.2, -0.15) is 0 Å². The highest BCUT2D eigenvalue weighted by Gasteiger charge is 2.45. The van der Waals surface area contributed by atoms with Gasteiger partial charge in [0, 0.05) is 16.5 Å². The Labute approximate surface area is 167 Å². The molecule has 1 aromatic carbocycles. The van der Waals surface area contributed by atoms with Crippen LogP contribution < -0.4 is 5.56 Å². The molecule has 2 aliphatic heterocycles. The molecule has 6 nitrogen and oxygen atoms in total. The molecule has 0 amide bonds. The number of cyclic esters (lactones) is 1. The number of aliphatic hydroxyl groups is 1. The lowest BCUT2D eigenvalue weighted by Crippen LogP contribution is -2.44. The molecular weight excluding hydrogens is 368 g/mol. The Kier molecular flexibility index (Phi) is 3.90.